The van der Waals surface area contributed by atoms with Gasteiger partial charge in [-0.2, -0.15) is 0 Å². The highest BCUT2D eigenvalue weighted by molar-refractivity contribution is 5.92. The Hall–Kier alpha value is -2.40. The van der Waals surface area contributed by atoms with Crippen molar-refractivity contribution in [3.8, 4) is 0 Å². The number of halogens is 1. The monoisotopic (exact) mass is 343 g/mol. The number of nitrogens with one attached hydrogen (secondary N) is 1. The smallest absolute Gasteiger partial charge is 0.193 e. The molecule has 134 valence electrons. The Kier molecular flexibility index (Phi) is 6.95. The van der Waals surface area contributed by atoms with Crippen molar-refractivity contribution in [3.63, 3.8) is 0 Å². The molecule has 0 fully saturated rings. The van der Waals surface area contributed by atoms with Gasteiger partial charge in [0.1, 0.15) is 5.82 Å². The van der Waals surface area contributed by atoms with Crippen molar-refractivity contribution in [2.24, 2.45) is 10.7 Å². The number of nitrogens with two attached hydrogens (primary N) is 1. The molecule has 0 aliphatic rings. The molecule has 0 bridgehead atoms. The number of ether oxygens (including phenoxy) is 1. The van der Waals surface area contributed by atoms with Crippen molar-refractivity contribution in [1.29, 1.82) is 0 Å². The summed E-state index contributed by atoms with van der Waals surface area (Å²) in [6.07, 6.45) is 1.11. The Balaban J connectivity index is 1.98. The Morgan fingerprint density at radius 2 is 1.96 bits per heavy atom. The minimum Gasteiger partial charge on any atom is -0.380 e. The van der Waals surface area contributed by atoms with Gasteiger partial charge in [0.2, 0.25) is 0 Å². The molecular weight excluding hydrogens is 317 g/mol. The summed E-state index contributed by atoms with van der Waals surface area (Å²) in [7, 11) is 1.54. The van der Waals surface area contributed by atoms with Crippen molar-refractivity contribution < 1.29 is 9.13 Å². The van der Waals surface area contributed by atoms with Crippen LogP contribution in [-0.2, 0) is 17.9 Å². The van der Waals surface area contributed by atoms with Crippen molar-refractivity contribution in [2.45, 2.75) is 39.3 Å². The van der Waals surface area contributed by atoms with Crippen LogP contribution in [0.3, 0.4) is 0 Å². The van der Waals surface area contributed by atoms with E-state index in [4.69, 9.17) is 10.5 Å². The SMILES string of the molecule is CCC(C)c1ccc(NC(N)=NCc2ccc(F)c(COC)c2)cc1. The van der Waals surface area contributed by atoms with Crippen molar-refractivity contribution >= 4 is 11.6 Å². The molecule has 5 heteroatoms. The van der Waals surface area contributed by atoms with Gasteiger partial charge < -0.3 is 15.8 Å². The molecule has 0 amide bonds. The zero-order valence-electron chi connectivity index (χ0n) is 15.1. The first kappa shape index (κ1) is 18.9. The van der Waals surface area contributed by atoms with E-state index in [-0.39, 0.29) is 12.4 Å². The van der Waals surface area contributed by atoms with E-state index in [1.807, 2.05) is 12.1 Å². The van der Waals surface area contributed by atoms with Gasteiger partial charge in [-0.15, -0.1) is 0 Å². The minimum absolute atomic E-state index is 0.236. The molecule has 1 unspecified atom stereocenters. The quantitative estimate of drug-likeness (QED) is 0.578. The van der Waals surface area contributed by atoms with Crippen LogP contribution in [0.5, 0.6) is 0 Å². The number of hydrogen-bond donors (Lipinski definition) is 2. The summed E-state index contributed by atoms with van der Waals surface area (Å²) in [5, 5.41) is 3.08. The van der Waals surface area contributed by atoms with E-state index < -0.39 is 0 Å². The van der Waals surface area contributed by atoms with Gasteiger partial charge in [0.15, 0.2) is 5.96 Å². The van der Waals surface area contributed by atoms with E-state index >= 15 is 0 Å². The van der Waals surface area contributed by atoms with Gasteiger partial charge in [-0.1, -0.05) is 32.0 Å². The molecule has 0 aliphatic heterocycles. The highest BCUT2D eigenvalue weighted by atomic mass is 19.1. The lowest BCUT2D eigenvalue weighted by atomic mass is 9.99. The van der Waals surface area contributed by atoms with E-state index in [2.05, 4.69) is 36.3 Å². The molecule has 1 atom stereocenters. The summed E-state index contributed by atoms with van der Waals surface area (Å²) < 4.78 is 18.6. The molecule has 0 radical (unpaired) electrons. The topological polar surface area (TPSA) is 59.6 Å². The first-order chi connectivity index (χ1) is 12.0. The van der Waals surface area contributed by atoms with E-state index in [0.717, 1.165) is 17.7 Å². The number of nitrogens with zero attached hydrogens (tertiary/aromatic N) is 1. The van der Waals surface area contributed by atoms with Crippen LogP contribution in [0.25, 0.3) is 0 Å². The van der Waals surface area contributed by atoms with Crippen LogP contribution >= 0.6 is 0 Å². The molecule has 2 aromatic carbocycles. The highest BCUT2D eigenvalue weighted by Gasteiger charge is 2.04. The lowest BCUT2D eigenvalue weighted by Crippen LogP contribution is -2.22. The first-order valence-corrected chi connectivity index (χ1v) is 8.46. The Morgan fingerprint density at radius 1 is 1.24 bits per heavy atom. The molecule has 2 aromatic rings. The predicted molar refractivity (Wildman–Crippen MR) is 101 cm³/mol. The van der Waals surface area contributed by atoms with Crippen LogP contribution in [0.15, 0.2) is 47.5 Å². The number of benzene rings is 2. The summed E-state index contributed by atoms with van der Waals surface area (Å²) in [6, 6.07) is 13.1. The molecule has 0 aromatic heterocycles. The second-order valence-corrected chi connectivity index (χ2v) is 6.12. The number of anilines is 1. The van der Waals surface area contributed by atoms with Crippen LogP contribution in [0.4, 0.5) is 10.1 Å². The lowest BCUT2D eigenvalue weighted by molar-refractivity contribution is 0.181. The number of guanidine groups is 1. The van der Waals surface area contributed by atoms with Crippen LogP contribution in [0, 0.1) is 5.82 Å². The first-order valence-electron chi connectivity index (χ1n) is 8.46. The summed E-state index contributed by atoms with van der Waals surface area (Å²) >= 11 is 0. The fraction of sp³-hybridized carbons (Fsp3) is 0.350. The summed E-state index contributed by atoms with van der Waals surface area (Å²) in [5.41, 5.74) is 9.54. The highest BCUT2D eigenvalue weighted by Crippen LogP contribution is 2.20. The van der Waals surface area contributed by atoms with Crippen molar-refractivity contribution in [1.82, 2.24) is 0 Å². The number of aliphatic imine (C=N–C) groups is 1. The molecule has 0 aliphatic carbocycles. The number of methoxy groups -OCH3 is 1. The molecule has 0 saturated heterocycles. The third-order valence-corrected chi connectivity index (χ3v) is 4.21. The average molecular weight is 343 g/mol. The third-order valence-electron chi connectivity index (χ3n) is 4.21. The van der Waals surface area contributed by atoms with Gasteiger partial charge in [-0.25, -0.2) is 9.38 Å². The van der Waals surface area contributed by atoms with E-state index in [1.54, 1.807) is 19.2 Å². The van der Waals surface area contributed by atoms with Gasteiger partial charge in [0, 0.05) is 18.4 Å². The summed E-state index contributed by atoms with van der Waals surface area (Å²) in [5.74, 6) is 0.593. The maximum atomic E-state index is 13.6. The lowest BCUT2D eigenvalue weighted by Gasteiger charge is -2.11. The largest absolute Gasteiger partial charge is 0.380 e. The summed E-state index contributed by atoms with van der Waals surface area (Å²) in [6.45, 7) is 4.99. The fourth-order valence-electron chi connectivity index (χ4n) is 2.49. The van der Waals surface area contributed by atoms with Crippen LogP contribution in [0.1, 0.15) is 42.9 Å². The molecule has 0 saturated carbocycles. The normalized spacial score (nSPS) is 12.9. The van der Waals surface area contributed by atoms with Gasteiger partial charge in [0.05, 0.1) is 13.2 Å². The Morgan fingerprint density at radius 3 is 2.60 bits per heavy atom. The maximum absolute atomic E-state index is 13.6. The third kappa shape index (κ3) is 5.57. The van der Waals surface area contributed by atoms with E-state index in [1.165, 1.54) is 11.6 Å². The molecule has 0 spiro atoms. The van der Waals surface area contributed by atoms with Gasteiger partial charge in [0.25, 0.3) is 0 Å². The van der Waals surface area contributed by atoms with Crippen molar-refractivity contribution in [3.05, 3.63) is 65.0 Å². The van der Waals surface area contributed by atoms with Crippen LogP contribution in [-0.4, -0.2) is 13.1 Å². The zero-order valence-corrected chi connectivity index (χ0v) is 15.1. The molecule has 3 N–H and O–H groups in total. The second-order valence-electron chi connectivity index (χ2n) is 6.12. The molecule has 25 heavy (non-hydrogen) atoms. The second kappa shape index (κ2) is 9.18. The van der Waals surface area contributed by atoms with Crippen molar-refractivity contribution in [2.75, 3.05) is 12.4 Å². The fourth-order valence-corrected chi connectivity index (χ4v) is 2.49. The standard InChI is InChI=1S/C20H26FN3O/c1-4-14(2)16-6-8-18(9-7-16)24-20(22)23-12-15-5-10-19(21)17(11-15)13-25-3/h5-11,14H,4,12-13H2,1-3H3,(H3,22,23,24). The zero-order chi connectivity index (χ0) is 18.2. The van der Waals surface area contributed by atoms with Gasteiger partial charge >= 0.3 is 0 Å². The molecule has 4 nitrogen and oxygen atoms in total. The van der Waals surface area contributed by atoms with Crippen LogP contribution in [0.2, 0.25) is 0 Å². The number of hydrogen-bond acceptors (Lipinski definition) is 2. The summed E-state index contributed by atoms with van der Waals surface area (Å²) in [4.78, 5) is 4.31. The molecule has 2 rings (SSSR count). The van der Waals surface area contributed by atoms with Crippen LogP contribution < -0.4 is 11.1 Å². The minimum atomic E-state index is -0.276. The van der Waals surface area contributed by atoms with E-state index in [9.17, 15) is 4.39 Å². The Bertz CT molecular complexity index is 713. The van der Waals surface area contributed by atoms with E-state index in [0.29, 0.717) is 24.0 Å². The number of rotatable bonds is 7. The maximum Gasteiger partial charge on any atom is 0.193 e. The molecular formula is C20H26FN3O. The predicted octanol–water partition coefficient (Wildman–Crippen LogP) is 4.41. The average Bonchev–Trinajstić information content (AvgIpc) is 2.62. The van der Waals surface area contributed by atoms with Gasteiger partial charge in [-0.3, -0.25) is 0 Å². The Labute approximate surface area is 148 Å². The molecule has 0 heterocycles. The van der Waals surface area contributed by atoms with Gasteiger partial charge in [-0.05, 0) is 47.7 Å².